The highest BCUT2D eigenvalue weighted by atomic mass is 127. The van der Waals surface area contributed by atoms with E-state index in [0.29, 0.717) is 18.5 Å². The predicted octanol–water partition coefficient (Wildman–Crippen LogP) is 3.40. The summed E-state index contributed by atoms with van der Waals surface area (Å²) in [5.74, 6) is 1.26. The molecule has 8 heteroatoms. The molecular weight excluding hydrogens is 496 g/mol. The molecule has 1 fully saturated rings. The quantitative estimate of drug-likeness (QED) is 0.305. The molecule has 0 spiro atoms. The first-order valence-electron chi connectivity index (χ1n) is 10.2. The van der Waals surface area contributed by atoms with Crippen molar-refractivity contribution in [3.8, 4) is 0 Å². The fraction of sp³-hybridized carbons (Fsp3) is 0.455. The minimum atomic E-state index is -0.971. The van der Waals surface area contributed by atoms with Crippen LogP contribution in [0.15, 0.2) is 47.5 Å². The maximum Gasteiger partial charge on any atom is 0.191 e. The number of guanidine groups is 1. The van der Waals surface area contributed by atoms with E-state index in [0.717, 1.165) is 37.4 Å². The van der Waals surface area contributed by atoms with Crippen LogP contribution in [-0.2, 0) is 0 Å². The van der Waals surface area contributed by atoms with E-state index in [1.165, 1.54) is 6.07 Å². The average Bonchev–Trinajstić information content (AvgIpc) is 2.73. The summed E-state index contributed by atoms with van der Waals surface area (Å²) in [6.07, 6.45) is 0.965. The van der Waals surface area contributed by atoms with Crippen molar-refractivity contribution in [3.63, 3.8) is 0 Å². The van der Waals surface area contributed by atoms with Crippen molar-refractivity contribution in [1.82, 2.24) is 15.6 Å². The first-order chi connectivity index (χ1) is 14.1. The summed E-state index contributed by atoms with van der Waals surface area (Å²) in [5, 5.41) is 16.9. The van der Waals surface area contributed by atoms with Gasteiger partial charge in [0.15, 0.2) is 5.96 Å². The minimum absolute atomic E-state index is 0. The lowest BCUT2D eigenvalue weighted by Crippen LogP contribution is -2.49. The predicted molar refractivity (Wildman–Crippen MR) is 130 cm³/mol. The third-order valence-electron chi connectivity index (χ3n) is 5.06. The summed E-state index contributed by atoms with van der Waals surface area (Å²) in [7, 11) is 0. The lowest BCUT2D eigenvalue weighted by Gasteiger charge is -2.34. The molecule has 1 atom stereocenters. The van der Waals surface area contributed by atoms with Gasteiger partial charge < -0.3 is 20.6 Å². The lowest BCUT2D eigenvalue weighted by atomic mass is 10.1. The molecule has 3 rings (SSSR count). The van der Waals surface area contributed by atoms with Crippen molar-refractivity contribution in [2.45, 2.75) is 38.8 Å². The van der Waals surface area contributed by atoms with Crippen molar-refractivity contribution in [2.75, 3.05) is 31.1 Å². The number of benzene rings is 1. The molecule has 0 saturated carbocycles. The number of hydrogen-bond acceptors (Lipinski definition) is 4. The van der Waals surface area contributed by atoms with E-state index < -0.39 is 11.9 Å². The summed E-state index contributed by atoms with van der Waals surface area (Å²) in [6.45, 7) is 6.66. The Morgan fingerprint density at radius 3 is 2.63 bits per heavy atom. The molecule has 164 valence electrons. The van der Waals surface area contributed by atoms with Crippen LogP contribution < -0.4 is 15.5 Å². The van der Waals surface area contributed by atoms with E-state index in [2.05, 4.69) is 31.6 Å². The van der Waals surface area contributed by atoms with Crippen molar-refractivity contribution in [1.29, 1.82) is 0 Å². The number of nitrogens with one attached hydrogen (secondary N) is 2. The molecule has 1 aromatic carbocycles. The lowest BCUT2D eigenvalue weighted by molar-refractivity contribution is 0.182. The normalized spacial score (nSPS) is 16.0. The zero-order valence-electron chi connectivity index (χ0n) is 17.5. The Morgan fingerprint density at radius 1 is 1.23 bits per heavy atom. The molecule has 6 nitrogen and oxygen atoms in total. The van der Waals surface area contributed by atoms with Crippen LogP contribution in [0.1, 0.15) is 37.1 Å². The number of aliphatic hydroxyl groups excluding tert-OH is 1. The Balaban J connectivity index is 0.00000320. The monoisotopic (exact) mass is 527 g/mol. The van der Waals surface area contributed by atoms with Gasteiger partial charge in [-0.15, -0.1) is 24.0 Å². The molecule has 1 saturated heterocycles. The molecule has 2 aromatic rings. The summed E-state index contributed by atoms with van der Waals surface area (Å²) in [6, 6.07) is 12.7. The number of anilines is 1. The van der Waals surface area contributed by atoms with Gasteiger partial charge in [0.2, 0.25) is 0 Å². The highest BCUT2D eigenvalue weighted by Gasteiger charge is 2.21. The standard InChI is InChI=1S/C22H30FN5O.HI/c1-3-24-22(25-15-20(29)18-8-4-5-9-19(18)23)27-17-11-13-28(14-12-17)21-10-6-7-16(2)26-21;/h4-10,17,20,29H,3,11-15H2,1-2H3,(H2,24,25,27);1H. The van der Waals surface area contributed by atoms with Crippen molar-refractivity contribution in [3.05, 3.63) is 59.5 Å². The molecule has 1 aliphatic rings. The van der Waals surface area contributed by atoms with Crippen LogP contribution in [0.5, 0.6) is 0 Å². The fourth-order valence-electron chi connectivity index (χ4n) is 3.49. The maximum absolute atomic E-state index is 13.8. The Kier molecular flexibility index (Phi) is 9.77. The molecule has 0 aliphatic carbocycles. The molecule has 30 heavy (non-hydrogen) atoms. The Morgan fingerprint density at radius 2 is 1.97 bits per heavy atom. The molecule has 3 N–H and O–H groups in total. The van der Waals surface area contributed by atoms with Gasteiger partial charge >= 0.3 is 0 Å². The van der Waals surface area contributed by atoms with Crippen LogP contribution in [0, 0.1) is 12.7 Å². The number of aliphatic hydroxyl groups is 1. The number of nitrogens with zero attached hydrogens (tertiary/aromatic N) is 3. The number of aromatic nitrogens is 1. The fourth-order valence-corrected chi connectivity index (χ4v) is 3.49. The van der Waals surface area contributed by atoms with Gasteiger partial charge in [0.1, 0.15) is 17.7 Å². The topological polar surface area (TPSA) is 72.8 Å². The SMILES string of the molecule is CCNC(=NCC(O)c1ccccc1F)NC1CCN(c2cccc(C)n2)CC1.I. The number of rotatable bonds is 6. The Hall–Kier alpha value is -1.94. The van der Waals surface area contributed by atoms with Gasteiger partial charge in [0.05, 0.1) is 6.54 Å². The number of halogens is 2. The second kappa shape index (κ2) is 12.0. The number of pyridine rings is 1. The van der Waals surface area contributed by atoms with E-state index in [4.69, 9.17) is 0 Å². The third kappa shape index (κ3) is 6.80. The first-order valence-corrected chi connectivity index (χ1v) is 10.2. The number of aliphatic imine (C=N–C) groups is 1. The second-order valence-electron chi connectivity index (χ2n) is 7.30. The van der Waals surface area contributed by atoms with Gasteiger partial charge in [-0.05, 0) is 44.9 Å². The van der Waals surface area contributed by atoms with Crippen LogP contribution in [0.3, 0.4) is 0 Å². The Bertz CT molecular complexity index is 827. The number of aryl methyl sites for hydroxylation is 1. The van der Waals surface area contributed by atoms with E-state index in [-0.39, 0.29) is 36.1 Å². The summed E-state index contributed by atoms with van der Waals surface area (Å²) in [5.41, 5.74) is 1.30. The minimum Gasteiger partial charge on any atom is -0.386 e. The summed E-state index contributed by atoms with van der Waals surface area (Å²) < 4.78 is 13.8. The van der Waals surface area contributed by atoms with Crippen LogP contribution in [-0.4, -0.2) is 48.3 Å². The third-order valence-corrected chi connectivity index (χ3v) is 5.06. The van der Waals surface area contributed by atoms with E-state index in [9.17, 15) is 9.50 Å². The number of piperidine rings is 1. The van der Waals surface area contributed by atoms with Gasteiger partial charge in [-0.2, -0.15) is 0 Å². The molecular formula is C22H31FIN5O. The maximum atomic E-state index is 13.8. The molecule has 2 heterocycles. The molecule has 1 unspecified atom stereocenters. The van der Waals surface area contributed by atoms with Crippen LogP contribution in [0.4, 0.5) is 10.2 Å². The van der Waals surface area contributed by atoms with E-state index >= 15 is 0 Å². The van der Waals surface area contributed by atoms with E-state index in [1.54, 1.807) is 18.2 Å². The van der Waals surface area contributed by atoms with Crippen molar-refractivity contribution in [2.24, 2.45) is 4.99 Å². The molecule has 1 aromatic heterocycles. The first kappa shape index (κ1) is 24.3. The largest absolute Gasteiger partial charge is 0.386 e. The molecule has 1 aliphatic heterocycles. The van der Waals surface area contributed by atoms with Crippen molar-refractivity contribution < 1.29 is 9.50 Å². The van der Waals surface area contributed by atoms with Crippen molar-refractivity contribution >= 4 is 35.8 Å². The van der Waals surface area contributed by atoms with Gasteiger partial charge in [0.25, 0.3) is 0 Å². The average molecular weight is 527 g/mol. The van der Waals surface area contributed by atoms with Gasteiger partial charge in [-0.1, -0.05) is 24.3 Å². The summed E-state index contributed by atoms with van der Waals surface area (Å²) >= 11 is 0. The van der Waals surface area contributed by atoms with Gasteiger partial charge in [0, 0.05) is 36.9 Å². The van der Waals surface area contributed by atoms with E-state index in [1.807, 2.05) is 26.0 Å². The van der Waals surface area contributed by atoms with Gasteiger partial charge in [-0.3, -0.25) is 4.99 Å². The second-order valence-corrected chi connectivity index (χ2v) is 7.30. The van der Waals surface area contributed by atoms with Crippen LogP contribution in [0.2, 0.25) is 0 Å². The Labute approximate surface area is 195 Å². The molecule has 0 radical (unpaired) electrons. The van der Waals surface area contributed by atoms with Gasteiger partial charge in [-0.25, -0.2) is 9.37 Å². The van der Waals surface area contributed by atoms with Crippen LogP contribution >= 0.6 is 24.0 Å². The smallest absolute Gasteiger partial charge is 0.191 e. The molecule has 0 amide bonds. The summed E-state index contributed by atoms with van der Waals surface area (Å²) in [4.78, 5) is 11.4. The zero-order valence-corrected chi connectivity index (χ0v) is 19.8. The molecule has 0 bridgehead atoms. The highest BCUT2D eigenvalue weighted by Crippen LogP contribution is 2.19. The van der Waals surface area contributed by atoms with Crippen LogP contribution in [0.25, 0.3) is 0 Å². The number of hydrogen-bond donors (Lipinski definition) is 3. The highest BCUT2D eigenvalue weighted by molar-refractivity contribution is 14.0. The zero-order chi connectivity index (χ0) is 20.6.